The highest BCUT2D eigenvalue weighted by atomic mass is 32.1. The van der Waals surface area contributed by atoms with Crippen LogP contribution in [0.4, 0.5) is 10.8 Å². The Morgan fingerprint density at radius 2 is 2.00 bits per heavy atom. The summed E-state index contributed by atoms with van der Waals surface area (Å²) in [7, 11) is 0. The molecule has 40 heavy (non-hydrogen) atoms. The van der Waals surface area contributed by atoms with Crippen LogP contribution < -0.4 is 20.0 Å². The summed E-state index contributed by atoms with van der Waals surface area (Å²) in [5.41, 5.74) is 3.95. The molecular formula is C30H30N4O5S. The average molecular weight is 559 g/mol. The second-order valence-corrected chi connectivity index (χ2v) is 11.3. The molecule has 2 aromatic heterocycles. The number of benzene rings is 2. The maximum atomic E-state index is 13.2. The number of pyridine rings is 1. The highest BCUT2D eigenvalue weighted by Crippen LogP contribution is 2.41. The van der Waals surface area contributed by atoms with Gasteiger partial charge in [-0.1, -0.05) is 17.4 Å². The highest BCUT2D eigenvalue weighted by Gasteiger charge is 2.31. The van der Waals surface area contributed by atoms with Crippen LogP contribution in [0.3, 0.4) is 0 Å². The van der Waals surface area contributed by atoms with E-state index in [2.05, 4.69) is 21.9 Å². The Labute approximate surface area is 235 Å². The van der Waals surface area contributed by atoms with Crippen LogP contribution in [-0.2, 0) is 9.47 Å². The van der Waals surface area contributed by atoms with E-state index in [0.717, 1.165) is 70.5 Å². The molecule has 3 aliphatic heterocycles. The molecule has 2 fully saturated rings. The van der Waals surface area contributed by atoms with Crippen molar-refractivity contribution in [2.75, 3.05) is 55.9 Å². The van der Waals surface area contributed by atoms with Crippen LogP contribution in [0.2, 0.25) is 0 Å². The third-order valence-corrected chi connectivity index (χ3v) is 8.92. The molecule has 3 aliphatic rings. The molecule has 0 radical (unpaired) electrons. The molecule has 5 heterocycles. The lowest BCUT2D eigenvalue weighted by Gasteiger charge is -2.33. The van der Waals surface area contributed by atoms with Gasteiger partial charge in [-0.3, -0.25) is 4.79 Å². The van der Waals surface area contributed by atoms with Crippen molar-refractivity contribution in [1.82, 2.24) is 9.55 Å². The minimum absolute atomic E-state index is 0.00174. The van der Waals surface area contributed by atoms with E-state index in [1.54, 1.807) is 24.5 Å². The molecule has 2 saturated heterocycles. The number of fused-ring (bicyclic) bond motifs is 4. The van der Waals surface area contributed by atoms with Gasteiger partial charge in [0.2, 0.25) is 0 Å². The number of aromatic nitrogens is 2. The van der Waals surface area contributed by atoms with Crippen LogP contribution in [0.15, 0.2) is 53.5 Å². The van der Waals surface area contributed by atoms with Crippen molar-refractivity contribution >= 4 is 38.3 Å². The summed E-state index contributed by atoms with van der Waals surface area (Å²) in [5, 5.41) is 0.967. The lowest BCUT2D eigenvalue weighted by molar-refractivity contribution is 0.0524. The third kappa shape index (κ3) is 4.41. The lowest BCUT2D eigenvalue weighted by Crippen LogP contribution is -2.38. The summed E-state index contributed by atoms with van der Waals surface area (Å²) in [4.78, 5) is 35.4. The van der Waals surface area contributed by atoms with Crippen molar-refractivity contribution in [2.24, 2.45) is 0 Å². The molecule has 2 aromatic carbocycles. The van der Waals surface area contributed by atoms with Crippen molar-refractivity contribution in [3.05, 3.63) is 64.4 Å². The van der Waals surface area contributed by atoms with Crippen molar-refractivity contribution < 1.29 is 19.0 Å². The van der Waals surface area contributed by atoms with Crippen LogP contribution in [0.25, 0.3) is 27.2 Å². The summed E-state index contributed by atoms with van der Waals surface area (Å²) in [6.45, 7) is 6.64. The molecule has 0 saturated carbocycles. The van der Waals surface area contributed by atoms with E-state index in [4.69, 9.17) is 19.2 Å². The summed E-state index contributed by atoms with van der Waals surface area (Å²) in [6, 6.07) is 14.1. The number of thiazole rings is 1. The summed E-state index contributed by atoms with van der Waals surface area (Å²) in [6.07, 6.45) is 3.90. The topological polar surface area (TPSA) is 86.1 Å². The Morgan fingerprint density at radius 3 is 2.85 bits per heavy atom. The Kier molecular flexibility index (Phi) is 6.44. The van der Waals surface area contributed by atoms with Gasteiger partial charge in [0, 0.05) is 43.1 Å². The number of hydrogen-bond donors (Lipinski definition) is 0. The van der Waals surface area contributed by atoms with Crippen LogP contribution in [0, 0.1) is 0 Å². The van der Waals surface area contributed by atoms with Crippen molar-refractivity contribution in [2.45, 2.75) is 25.8 Å². The number of carbonyl (C=O) groups is 1. The molecule has 0 amide bonds. The molecule has 7 rings (SSSR count). The fourth-order valence-electron chi connectivity index (χ4n) is 5.81. The molecule has 0 aliphatic carbocycles. The van der Waals surface area contributed by atoms with E-state index < -0.39 is 5.97 Å². The quantitative estimate of drug-likeness (QED) is 0.332. The first-order valence-corrected chi connectivity index (χ1v) is 14.6. The SMILES string of the molecule is CCOC(=O)c1cn(-c2ccc3nc(N4CCOCC4)sc3c2)c(-c2ccc3c(c2)OC[C@H]2CCCN32)cc1=O. The zero-order valence-electron chi connectivity index (χ0n) is 22.3. The maximum Gasteiger partial charge on any atom is 0.343 e. The summed E-state index contributed by atoms with van der Waals surface area (Å²) < 4.78 is 19.8. The van der Waals surface area contributed by atoms with E-state index in [-0.39, 0.29) is 17.6 Å². The largest absolute Gasteiger partial charge is 0.489 e. The Bertz CT molecular complexity index is 1660. The summed E-state index contributed by atoms with van der Waals surface area (Å²) >= 11 is 1.63. The van der Waals surface area contributed by atoms with E-state index in [1.807, 2.05) is 28.8 Å². The number of hydrogen-bond acceptors (Lipinski definition) is 9. The zero-order valence-corrected chi connectivity index (χ0v) is 23.1. The van der Waals surface area contributed by atoms with E-state index in [1.165, 1.54) is 6.07 Å². The fraction of sp³-hybridized carbons (Fsp3) is 0.367. The Balaban J connectivity index is 1.34. The zero-order chi connectivity index (χ0) is 27.2. The molecule has 4 aromatic rings. The van der Waals surface area contributed by atoms with Gasteiger partial charge in [-0.25, -0.2) is 9.78 Å². The van der Waals surface area contributed by atoms with Gasteiger partial charge < -0.3 is 28.6 Å². The molecule has 0 spiro atoms. The number of esters is 1. The minimum Gasteiger partial charge on any atom is -0.489 e. The van der Waals surface area contributed by atoms with Crippen LogP contribution >= 0.6 is 11.3 Å². The molecule has 10 heteroatoms. The van der Waals surface area contributed by atoms with Crippen molar-refractivity contribution in [1.29, 1.82) is 0 Å². The second-order valence-electron chi connectivity index (χ2n) is 10.3. The molecule has 1 atom stereocenters. The first-order valence-electron chi connectivity index (χ1n) is 13.8. The number of nitrogens with zero attached hydrogens (tertiary/aromatic N) is 4. The van der Waals surface area contributed by atoms with E-state index >= 15 is 0 Å². The number of rotatable bonds is 5. The van der Waals surface area contributed by atoms with Gasteiger partial charge in [-0.2, -0.15) is 0 Å². The lowest BCUT2D eigenvalue weighted by atomic mass is 10.1. The number of ether oxygens (including phenoxy) is 3. The Hall–Kier alpha value is -3.89. The van der Waals surface area contributed by atoms with Crippen molar-refractivity contribution in [3.63, 3.8) is 0 Å². The maximum absolute atomic E-state index is 13.2. The van der Waals surface area contributed by atoms with Gasteiger partial charge >= 0.3 is 5.97 Å². The summed E-state index contributed by atoms with van der Waals surface area (Å²) in [5.74, 6) is 0.187. The first kappa shape index (κ1) is 25.1. The molecule has 0 N–H and O–H groups in total. The van der Waals surface area contributed by atoms with Crippen LogP contribution in [-0.4, -0.2) is 67.6 Å². The van der Waals surface area contributed by atoms with Crippen molar-refractivity contribution in [3.8, 4) is 22.7 Å². The van der Waals surface area contributed by atoms with E-state index in [0.29, 0.717) is 31.6 Å². The van der Waals surface area contributed by atoms with Crippen LogP contribution in [0.5, 0.6) is 5.75 Å². The van der Waals surface area contributed by atoms with Gasteiger partial charge in [0.05, 0.1) is 47.5 Å². The van der Waals surface area contributed by atoms with Gasteiger partial charge in [0.25, 0.3) is 0 Å². The third-order valence-electron chi connectivity index (χ3n) is 7.84. The van der Waals surface area contributed by atoms with Gasteiger partial charge in [0.1, 0.15) is 17.9 Å². The standard InChI is InChI=1S/C30H30N4O5S/c1-2-38-29(36)22-17-34(20-6-7-23-28(15-20)40-30(31-23)32-10-12-37-13-11-32)25(16-26(22)35)19-5-8-24-27(14-19)39-18-21-4-3-9-33(21)24/h5-8,14-17,21H,2-4,9-13,18H2,1H3/t21-/m1/s1. The first-order chi connectivity index (χ1) is 19.6. The predicted octanol–water partition coefficient (Wildman–Crippen LogP) is 4.49. The van der Waals surface area contributed by atoms with E-state index in [9.17, 15) is 9.59 Å². The Morgan fingerprint density at radius 1 is 1.12 bits per heavy atom. The monoisotopic (exact) mass is 558 g/mol. The molecule has 206 valence electrons. The number of anilines is 2. The molecule has 9 nitrogen and oxygen atoms in total. The van der Waals surface area contributed by atoms with Gasteiger partial charge in [-0.15, -0.1) is 0 Å². The average Bonchev–Trinajstić information content (AvgIpc) is 3.64. The highest BCUT2D eigenvalue weighted by molar-refractivity contribution is 7.22. The van der Waals surface area contributed by atoms with Gasteiger partial charge in [0.15, 0.2) is 10.6 Å². The smallest absolute Gasteiger partial charge is 0.343 e. The normalized spacial score (nSPS) is 18.4. The minimum atomic E-state index is -0.630. The fourth-order valence-corrected chi connectivity index (χ4v) is 6.86. The molecule has 0 bridgehead atoms. The second kappa shape index (κ2) is 10.3. The van der Waals surface area contributed by atoms with Gasteiger partial charge in [-0.05, 0) is 50.1 Å². The molecule has 0 unspecified atom stereocenters. The molecular weight excluding hydrogens is 528 g/mol. The van der Waals surface area contributed by atoms with Crippen LogP contribution in [0.1, 0.15) is 30.1 Å². The predicted molar refractivity (Wildman–Crippen MR) is 156 cm³/mol. The number of carbonyl (C=O) groups excluding carboxylic acids is 1. The number of morpholine rings is 1.